The summed E-state index contributed by atoms with van der Waals surface area (Å²) in [5, 5.41) is 3.33. The maximum absolute atomic E-state index is 5.98. The van der Waals surface area contributed by atoms with Gasteiger partial charge in [-0.25, -0.2) is 0 Å². The molecule has 0 bridgehead atoms. The van der Waals surface area contributed by atoms with Crippen LogP contribution < -0.4 is 10.1 Å². The van der Waals surface area contributed by atoms with Crippen LogP contribution in [0.5, 0.6) is 5.75 Å². The van der Waals surface area contributed by atoms with Crippen LogP contribution in [-0.4, -0.2) is 13.2 Å². The van der Waals surface area contributed by atoms with Crippen LogP contribution in [0, 0.1) is 6.92 Å². The van der Waals surface area contributed by atoms with Gasteiger partial charge in [0.15, 0.2) is 0 Å². The van der Waals surface area contributed by atoms with E-state index in [4.69, 9.17) is 16.3 Å². The molecule has 0 fully saturated rings. The lowest BCUT2D eigenvalue weighted by atomic mass is 10.2. The highest BCUT2D eigenvalue weighted by Crippen LogP contribution is 2.31. The van der Waals surface area contributed by atoms with E-state index in [1.165, 1.54) is 10.4 Å². The number of nitrogens with one attached hydrogen (secondary N) is 1. The van der Waals surface area contributed by atoms with E-state index in [0.717, 1.165) is 27.6 Å². The molecule has 0 unspecified atom stereocenters. The Bertz CT molecular complexity index is 524. The summed E-state index contributed by atoms with van der Waals surface area (Å²) in [5.74, 6) is 0.920. The van der Waals surface area contributed by atoms with Crippen LogP contribution in [0.25, 0.3) is 0 Å². The maximum atomic E-state index is 5.98. The summed E-state index contributed by atoms with van der Waals surface area (Å²) >= 11 is 11.0. The molecule has 5 heteroatoms. The van der Waals surface area contributed by atoms with Gasteiger partial charge < -0.3 is 10.1 Å². The van der Waals surface area contributed by atoms with Crippen LogP contribution in [0.1, 0.15) is 10.4 Å². The monoisotopic (exact) mass is 359 g/mol. The molecule has 0 aliphatic rings. The zero-order valence-electron chi connectivity index (χ0n) is 10.6. The highest BCUT2D eigenvalue weighted by atomic mass is 79.9. The first-order valence-electron chi connectivity index (χ1n) is 5.99. The number of thiophene rings is 1. The van der Waals surface area contributed by atoms with Crippen molar-refractivity contribution in [3.05, 3.63) is 49.6 Å². The molecule has 19 heavy (non-hydrogen) atoms. The molecule has 0 saturated carbocycles. The maximum Gasteiger partial charge on any atom is 0.119 e. The molecular formula is C14H15BrClNOS. The summed E-state index contributed by atoms with van der Waals surface area (Å²) in [4.78, 5) is 1.22. The number of benzene rings is 1. The Morgan fingerprint density at radius 3 is 2.89 bits per heavy atom. The van der Waals surface area contributed by atoms with E-state index >= 15 is 0 Å². The zero-order chi connectivity index (χ0) is 13.7. The molecular weight excluding hydrogens is 346 g/mol. The molecule has 1 aromatic heterocycles. The Kier molecular flexibility index (Phi) is 5.70. The van der Waals surface area contributed by atoms with E-state index in [-0.39, 0.29) is 0 Å². The first-order valence-corrected chi connectivity index (χ1v) is 7.98. The average Bonchev–Trinajstić information content (AvgIpc) is 2.68. The molecule has 2 aromatic rings. The van der Waals surface area contributed by atoms with Gasteiger partial charge in [-0.05, 0) is 46.6 Å². The van der Waals surface area contributed by atoms with Gasteiger partial charge in [0.05, 0.1) is 0 Å². The predicted octanol–water partition coefficient (Wildman–Crippen LogP) is 4.64. The molecule has 0 amide bonds. The second kappa shape index (κ2) is 7.29. The average molecular weight is 361 g/mol. The van der Waals surface area contributed by atoms with Gasteiger partial charge in [0.25, 0.3) is 0 Å². The first-order chi connectivity index (χ1) is 9.15. The van der Waals surface area contributed by atoms with Crippen LogP contribution in [0.2, 0.25) is 4.34 Å². The lowest BCUT2D eigenvalue weighted by Gasteiger charge is -2.07. The topological polar surface area (TPSA) is 21.3 Å². The Labute approximate surface area is 130 Å². The normalized spacial score (nSPS) is 10.7. The number of hydrogen-bond acceptors (Lipinski definition) is 3. The number of aryl methyl sites for hydroxylation is 1. The van der Waals surface area contributed by atoms with Crippen LogP contribution in [0.15, 0.2) is 34.8 Å². The lowest BCUT2D eigenvalue weighted by molar-refractivity contribution is 0.313. The third-order valence-corrected chi connectivity index (χ3v) is 5.01. The molecule has 2 rings (SSSR count). The predicted molar refractivity (Wildman–Crippen MR) is 85.4 cm³/mol. The minimum absolute atomic E-state index is 0.656. The van der Waals surface area contributed by atoms with Crippen molar-refractivity contribution in [2.24, 2.45) is 0 Å². The fourth-order valence-corrected chi connectivity index (χ4v) is 3.40. The van der Waals surface area contributed by atoms with Crippen molar-refractivity contribution in [1.29, 1.82) is 0 Å². The molecule has 0 aliphatic heterocycles. The van der Waals surface area contributed by atoms with Gasteiger partial charge in [-0.1, -0.05) is 23.7 Å². The largest absolute Gasteiger partial charge is 0.492 e. The van der Waals surface area contributed by atoms with Crippen LogP contribution in [0.4, 0.5) is 0 Å². The third kappa shape index (κ3) is 4.80. The second-order valence-electron chi connectivity index (χ2n) is 4.18. The van der Waals surface area contributed by atoms with Gasteiger partial charge in [-0.15, -0.1) is 11.3 Å². The fourth-order valence-electron chi connectivity index (χ4n) is 1.64. The van der Waals surface area contributed by atoms with Crippen molar-refractivity contribution < 1.29 is 4.74 Å². The van der Waals surface area contributed by atoms with E-state index in [1.807, 2.05) is 24.3 Å². The van der Waals surface area contributed by atoms with Crippen molar-refractivity contribution in [3.63, 3.8) is 0 Å². The van der Waals surface area contributed by atoms with E-state index in [1.54, 1.807) is 11.3 Å². The molecule has 0 radical (unpaired) electrons. The van der Waals surface area contributed by atoms with Crippen LogP contribution in [-0.2, 0) is 6.54 Å². The number of rotatable bonds is 6. The molecule has 0 aliphatic carbocycles. The van der Waals surface area contributed by atoms with Gasteiger partial charge in [-0.2, -0.15) is 0 Å². The highest BCUT2D eigenvalue weighted by Gasteiger charge is 2.03. The molecule has 102 valence electrons. The van der Waals surface area contributed by atoms with Gasteiger partial charge in [0.2, 0.25) is 0 Å². The minimum atomic E-state index is 0.656. The summed E-state index contributed by atoms with van der Waals surface area (Å²) in [6.07, 6.45) is 0. The van der Waals surface area contributed by atoms with Gasteiger partial charge in [0, 0.05) is 22.4 Å². The summed E-state index contributed by atoms with van der Waals surface area (Å²) < 4.78 is 7.42. The number of ether oxygens (including phenoxy) is 1. The third-order valence-electron chi connectivity index (χ3n) is 2.53. The first kappa shape index (κ1) is 14.9. The van der Waals surface area contributed by atoms with Gasteiger partial charge in [0.1, 0.15) is 16.7 Å². The SMILES string of the molecule is Cc1cccc(OCCNCc2cc(Br)c(Cl)s2)c1. The molecule has 1 N–H and O–H groups in total. The Balaban J connectivity index is 1.67. The highest BCUT2D eigenvalue weighted by molar-refractivity contribution is 9.10. The Morgan fingerprint density at radius 2 is 2.21 bits per heavy atom. The lowest BCUT2D eigenvalue weighted by Crippen LogP contribution is -2.20. The van der Waals surface area contributed by atoms with Crippen LogP contribution in [0.3, 0.4) is 0 Å². The molecule has 0 atom stereocenters. The number of halogens is 2. The molecule has 0 spiro atoms. The Hall–Kier alpha value is -0.550. The Morgan fingerprint density at radius 1 is 1.37 bits per heavy atom. The quantitative estimate of drug-likeness (QED) is 0.758. The second-order valence-corrected chi connectivity index (χ2v) is 6.77. The van der Waals surface area contributed by atoms with E-state index in [9.17, 15) is 0 Å². The summed E-state index contributed by atoms with van der Waals surface area (Å²) in [6, 6.07) is 10.1. The van der Waals surface area contributed by atoms with Crippen molar-refractivity contribution in [2.45, 2.75) is 13.5 Å². The summed E-state index contributed by atoms with van der Waals surface area (Å²) in [7, 11) is 0. The van der Waals surface area contributed by atoms with E-state index in [0.29, 0.717) is 6.61 Å². The van der Waals surface area contributed by atoms with Gasteiger partial charge in [-0.3, -0.25) is 0 Å². The van der Waals surface area contributed by atoms with Crippen molar-refractivity contribution in [1.82, 2.24) is 5.32 Å². The van der Waals surface area contributed by atoms with Crippen molar-refractivity contribution in [3.8, 4) is 5.75 Å². The molecule has 1 heterocycles. The minimum Gasteiger partial charge on any atom is -0.492 e. The van der Waals surface area contributed by atoms with Crippen LogP contribution >= 0.6 is 38.9 Å². The number of hydrogen-bond donors (Lipinski definition) is 1. The van der Waals surface area contributed by atoms with E-state index in [2.05, 4.69) is 34.2 Å². The standard InChI is InChI=1S/C14H15BrClNOS/c1-10-3-2-4-11(7-10)18-6-5-17-9-12-8-13(15)14(16)19-12/h2-4,7-8,17H,5-6,9H2,1H3. The van der Waals surface area contributed by atoms with Crippen molar-refractivity contribution >= 4 is 38.9 Å². The van der Waals surface area contributed by atoms with Gasteiger partial charge >= 0.3 is 0 Å². The zero-order valence-corrected chi connectivity index (χ0v) is 13.7. The molecule has 1 aromatic carbocycles. The smallest absolute Gasteiger partial charge is 0.119 e. The molecule has 0 saturated heterocycles. The fraction of sp³-hybridized carbons (Fsp3) is 0.286. The summed E-state index contributed by atoms with van der Waals surface area (Å²) in [5.41, 5.74) is 1.21. The molecule has 2 nitrogen and oxygen atoms in total. The van der Waals surface area contributed by atoms with Crippen molar-refractivity contribution in [2.75, 3.05) is 13.2 Å². The van der Waals surface area contributed by atoms with E-state index < -0.39 is 0 Å². The summed E-state index contributed by atoms with van der Waals surface area (Å²) in [6.45, 7) is 4.33.